The monoisotopic (exact) mass is 509 g/mol. The summed E-state index contributed by atoms with van der Waals surface area (Å²) in [6.07, 6.45) is 0.316. The number of hydrogen-bond acceptors (Lipinski definition) is 8. The van der Waals surface area contributed by atoms with Crippen LogP contribution in [0.25, 0.3) is 0 Å². The average molecular weight is 510 g/mol. The molecule has 2 unspecified atom stereocenters. The highest BCUT2D eigenvalue weighted by Crippen LogP contribution is 2.25. The molecule has 0 saturated carbocycles. The lowest BCUT2D eigenvalue weighted by Crippen LogP contribution is -2.54. The first-order valence-electron chi connectivity index (χ1n) is 12.1. The molecule has 0 aliphatic rings. The summed E-state index contributed by atoms with van der Waals surface area (Å²) in [5.41, 5.74) is -0.414. The Morgan fingerprint density at radius 1 is 1.08 bits per heavy atom. The van der Waals surface area contributed by atoms with Crippen molar-refractivity contribution in [2.45, 2.75) is 71.6 Å². The fraction of sp³-hybridized carbons (Fsp3) is 0.600. The van der Waals surface area contributed by atoms with E-state index in [0.717, 1.165) is 0 Å². The zero-order valence-corrected chi connectivity index (χ0v) is 21.7. The summed E-state index contributed by atoms with van der Waals surface area (Å²) in [6, 6.07) is 3.28. The lowest BCUT2D eigenvalue weighted by Gasteiger charge is -2.34. The van der Waals surface area contributed by atoms with Crippen LogP contribution in [0.1, 0.15) is 65.5 Å². The third-order valence-electron chi connectivity index (χ3n) is 4.91. The molecule has 0 radical (unpaired) electrons. The fourth-order valence-corrected chi connectivity index (χ4v) is 3.28. The van der Waals surface area contributed by atoms with E-state index in [1.807, 2.05) is 6.92 Å². The van der Waals surface area contributed by atoms with Crippen molar-refractivity contribution in [3.05, 3.63) is 29.8 Å². The molecule has 0 saturated heterocycles. The zero-order valence-electron chi connectivity index (χ0n) is 21.7. The van der Waals surface area contributed by atoms with Crippen LogP contribution in [-0.2, 0) is 23.9 Å². The summed E-state index contributed by atoms with van der Waals surface area (Å²) >= 11 is 0. The Morgan fingerprint density at radius 2 is 1.72 bits per heavy atom. The van der Waals surface area contributed by atoms with Crippen molar-refractivity contribution in [2.24, 2.45) is 0 Å². The van der Waals surface area contributed by atoms with Crippen molar-refractivity contribution in [3.63, 3.8) is 0 Å². The van der Waals surface area contributed by atoms with Crippen LogP contribution in [-0.4, -0.2) is 76.9 Å². The molecule has 0 aliphatic heterocycles. The lowest BCUT2D eigenvalue weighted by atomic mass is 10.0. The van der Waals surface area contributed by atoms with E-state index >= 15 is 0 Å². The second-order valence-electron chi connectivity index (χ2n) is 9.11. The van der Waals surface area contributed by atoms with Crippen molar-refractivity contribution < 1.29 is 38.9 Å². The Labute approximate surface area is 212 Å². The van der Waals surface area contributed by atoms with Crippen molar-refractivity contribution in [3.8, 4) is 5.75 Å². The maximum absolute atomic E-state index is 13.5. The van der Waals surface area contributed by atoms with E-state index in [4.69, 9.17) is 9.47 Å². The van der Waals surface area contributed by atoms with E-state index < -0.39 is 48.2 Å². The van der Waals surface area contributed by atoms with Gasteiger partial charge in [-0.25, -0.2) is 4.79 Å². The molecular formula is C25H39N3O8. The van der Waals surface area contributed by atoms with Crippen LogP contribution in [0.15, 0.2) is 24.3 Å². The van der Waals surface area contributed by atoms with Gasteiger partial charge in [0.05, 0.1) is 19.6 Å². The molecular weight excluding hydrogens is 470 g/mol. The number of carbonyl (C=O) groups excluding carboxylic acids is 4. The van der Waals surface area contributed by atoms with Gasteiger partial charge in [-0.05, 0) is 51.8 Å². The quantitative estimate of drug-likeness (QED) is 0.295. The minimum atomic E-state index is -1.36. The van der Waals surface area contributed by atoms with Gasteiger partial charge >= 0.3 is 12.1 Å². The maximum atomic E-state index is 13.5. The zero-order chi connectivity index (χ0) is 27.3. The van der Waals surface area contributed by atoms with Gasteiger partial charge < -0.3 is 35.2 Å². The van der Waals surface area contributed by atoms with Gasteiger partial charge in [-0.15, -0.1) is 0 Å². The molecule has 0 fully saturated rings. The molecule has 202 valence electrons. The van der Waals surface area contributed by atoms with Crippen LogP contribution in [0.2, 0.25) is 0 Å². The Morgan fingerprint density at radius 3 is 2.25 bits per heavy atom. The third-order valence-corrected chi connectivity index (χ3v) is 4.91. The largest absolute Gasteiger partial charge is 0.508 e. The van der Waals surface area contributed by atoms with Crippen LogP contribution in [0.5, 0.6) is 5.75 Å². The number of phenolic OH excluding ortho intramolecular Hbond substituents is 1. The number of alkyl carbamates (subject to hydrolysis) is 1. The number of aliphatic hydroxyl groups excluding tert-OH is 1. The standard InChI is InChI=1S/C25H39N3O8/c1-6-8-15-28(23(33)19(16-29)27-24(34)36-25(3,4)5)21(17-9-11-18(30)12-10-17)22(32)26-14-13-20(31)35-7-2/h9-12,19,21,29-30H,6-8,13-16H2,1-5H3,(H,26,32)(H,27,34). The van der Waals surface area contributed by atoms with Gasteiger partial charge in [-0.1, -0.05) is 25.5 Å². The number of nitrogens with zero attached hydrogens (tertiary/aromatic N) is 1. The molecule has 2 atom stereocenters. The van der Waals surface area contributed by atoms with E-state index in [0.29, 0.717) is 18.4 Å². The molecule has 0 aliphatic carbocycles. The number of amides is 3. The summed E-state index contributed by atoms with van der Waals surface area (Å²) in [5.74, 6) is -1.75. The number of ether oxygens (including phenoxy) is 2. The second-order valence-corrected chi connectivity index (χ2v) is 9.11. The fourth-order valence-electron chi connectivity index (χ4n) is 3.28. The van der Waals surface area contributed by atoms with Crippen LogP contribution < -0.4 is 10.6 Å². The number of carbonyl (C=O) groups is 4. The molecule has 36 heavy (non-hydrogen) atoms. The lowest BCUT2D eigenvalue weighted by molar-refractivity contribution is -0.144. The Bertz CT molecular complexity index is 867. The van der Waals surface area contributed by atoms with Crippen molar-refractivity contribution >= 4 is 23.9 Å². The smallest absolute Gasteiger partial charge is 0.408 e. The van der Waals surface area contributed by atoms with E-state index in [9.17, 15) is 29.4 Å². The van der Waals surface area contributed by atoms with Gasteiger partial charge in [0.2, 0.25) is 11.8 Å². The van der Waals surface area contributed by atoms with Crippen LogP contribution >= 0.6 is 0 Å². The minimum Gasteiger partial charge on any atom is -0.508 e. The molecule has 0 aromatic heterocycles. The number of rotatable bonds is 13. The molecule has 11 nitrogen and oxygen atoms in total. The van der Waals surface area contributed by atoms with Gasteiger partial charge in [0.25, 0.3) is 0 Å². The van der Waals surface area contributed by atoms with Crippen molar-refractivity contribution in [2.75, 3.05) is 26.3 Å². The van der Waals surface area contributed by atoms with Gasteiger partial charge in [0.15, 0.2) is 0 Å². The summed E-state index contributed by atoms with van der Waals surface area (Å²) in [5, 5.41) is 24.6. The van der Waals surface area contributed by atoms with Crippen LogP contribution in [0, 0.1) is 0 Å². The molecule has 4 N–H and O–H groups in total. The van der Waals surface area contributed by atoms with Crippen molar-refractivity contribution in [1.29, 1.82) is 0 Å². The van der Waals surface area contributed by atoms with Crippen LogP contribution in [0.4, 0.5) is 4.79 Å². The molecule has 3 amide bonds. The molecule has 1 aromatic rings. The number of benzene rings is 1. The number of phenols is 1. The van der Waals surface area contributed by atoms with E-state index in [2.05, 4.69) is 10.6 Å². The summed E-state index contributed by atoms with van der Waals surface area (Å²) < 4.78 is 10.1. The Balaban J connectivity index is 3.26. The Kier molecular flexibility index (Phi) is 12.7. The van der Waals surface area contributed by atoms with Crippen LogP contribution in [0.3, 0.4) is 0 Å². The predicted octanol–water partition coefficient (Wildman–Crippen LogP) is 2.02. The molecule has 0 bridgehead atoms. The predicted molar refractivity (Wildman–Crippen MR) is 132 cm³/mol. The molecule has 1 rings (SSSR count). The first-order valence-corrected chi connectivity index (χ1v) is 12.1. The number of aromatic hydroxyl groups is 1. The minimum absolute atomic E-state index is 0.0123. The number of aliphatic hydroxyl groups is 1. The topological polar surface area (TPSA) is 154 Å². The van der Waals surface area contributed by atoms with Gasteiger partial charge in [0.1, 0.15) is 23.4 Å². The molecule has 11 heteroatoms. The SMILES string of the molecule is CCCCN(C(=O)C(CO)NC(=O)OC(C)(C)C)C(C(=O)NCCC(=O)OCC)c1ccc(O)cc1. The Hall–Kier alpha value is -3.34. The molecule has 0 heterocycles. The number of nitrogens with one attached hydrogen (secondary N) is 2. The summed E-state index contributed by atoms with van der Waals surface area (Å²) in [4.78, 5) is 52.0. The summed E-state index contributed by atoms with van der Waals surface area (Å²) in [6.45, 7) is 8.23. The van der Waals surface area contributed by atoms with Crippen molar-refractivity contribution in [1.82, 2.24) is 15.5 Å². The normalized spacial score (nSPS) is 12.7. The highest BCUT2D eigenvalue weighted by atomic mass is 16.6. The first kappa shape index (κ1) is 30.7. The summed E-state index contributed by atoms with van der Waals surface area (Å²) in [7, 11) is 0. The highest BCUT2D eigenvalue weighted by molar-refractivity contribution is 5.92. The van der Waals surface area contributed by atoms with E-state index in [1.54, 1.807) is 27.7 Å². The van der Waals surface area contributed by atoms with E-state index in [-0.39, 0.29) is 31.9 Å². The second kappa shape index (κ2) is 14.9. The third kappa shape index (κ3) is 10.5. The first-order chi connectivity index (χ1) is 16.9. The molecule has 1 aromatic carbocycles. The van der Waals surface area contributed by atoms with Gasteiger partial charge in [0, 0.05) is 13.1 Å². The number of unbranched alkanes of at least 4 members (excludes halogenated alkanes) is 1. The maximum Gasteiger partial charge on any atom is 0.408 e. The highest BCUT2D eigenvalue weighted by Gasteiger charge is 2.35. The number of hydrogen-bond donors (Lipinski definition) is 4. The number of esters is 1. The average Bonchev–Trinajstić information content (AvgIpc) is 2.79. The van der Waals surface area contributed by atoms with E-state index in [1.165, 1.54) is 29.2 Å². The molecule has 0 spiro atoms. The van der Waals surface area contributed by atoms with Gasteiger partial charge in [-0.2, -0.15) is 0 Å². The van der Waals surface area contributed by atoms with Gasteiger partial charge in [-0.3, -0.25) is 14.4 Å².